The number of nitrogens with one attached hydrogen (secondary N) is 2. The molecule has 0 aliphatic carbocycles. The molecule has 34 heavy (non-hydrogen) atoms. The second kappa shape index (κ2) is 13.4. The van der Waals surface area contributed by atoms with Crippen molar-refractivity contribution >= 4 is 23.2 Å². The molecule has 182 valence electrons. The summed E-state index contributed by atoms with van der Waals surface area (Å²) in [5, 5.41) is 11.0. The molecule has 1 heterocycles. The fraction of sp³-hybridized carbons (Fsp3) is 0.345. The van der Waals surface area contributed by atoms with E-state index in [1.54, 1.807) is 6.92 Å². The van der Waals surface area contributed by atoms with Crippen molar-refractivity contribution < 1.29 is 4.39 Å². The fourth-order valence-electron chi connectivity index (χ4n) is 3.85. The molecular formula is C29H39FN4. The van der Waals surface area contributed by atoms with E-state index in [1.165, 1.54) is 31.5 Å². The highest BCUT2D eigenvalue weighted by atomic mass is 19.1. The third-order valence-corrected chi connectivity index (χ3v) is 5.66. The van der Waals surface area contributed by atoms with Gasteiger partial charge in [-0.2, -0.15) is 0 Å². The number of aryl methyl sites for hydroxylation is 1. The van der Waals surface area contributed by atoms with Crippen LogP contribution < -0.4 is 11.1 Å². The number of hydrogen-bond acceptors (Lipinski definition) is 4. The van der Waals surface area contributed by atoms with Crippen LogP contribution in [0.15, 0.2) is 60.4 Å². The van der Waals surface area contributed by atoms with Gasteiger partial charge in [-0.05, 0) is 66.4 Å². The van der Waals surface area contributed by atoms with E-state index in [2.05, 4.69) is 36.2 Å². The summed E-state index contributed by atoms with van der Waals surface area (Å²) in [5.74, 6) is 0.367. The van der Waals surface area contributed by atoms with Crippen molar-refractivity contribution in [3.63, 3.8) is 0 Å². The summed E-state index contributed by atoms with van der Waals surface area (Å²) >= 11 is 0. The van der Waals surface area contributed by atoms with Gasteiger partial charge >= 0.3 is 0 Å². The predicted molar refractivity (Wildman–Crippen MR) is 145 cm³/mol. The molecule has 0 saturated carbocycles. The van der Waals surface area contributed by atoms with Gasteiger partial charge < -0.3 is 21.4 Å². The molecule has 5 heteroatoms. The third kappa shape index (κ3) is 7.08. The van der Waals surface area contributed by atoms with Crippen LogP contribution in [0, 0.1) is 18.2 Å². The SMILES string of the molecule is CC/C=C(\N)Nc1ccc(C2=C(c3ccc(F)c(C)c3)N(C)CC=C2)cc1C=N.CCCCC. The lowest BCUT2D eigenvalue weighted by molar-refractivity contribution is 0.533. The molecule has 0 saturated heterocycles. The maximum Gasteiger partial charge on any atom is 0.126 e. The van der Waals surface area contributed by atoms with Gasteiger partial charge in [0.15, 0.2) is 0 Å². The van der Waals surface area contributed by atoms with Crippen molar-refractivity contribution in [2.75, 3.05) is 18.9 Å². The van der Waals surface area contributed by atoms with Crippen LogP contribution >= 0.6 is 0 Å². The number of hydrogen-bond donors (Lipinski definition) is 3. The molecule has 0 bridgehead atoms. The zero-order chi connectivity index (χ0) is 25.1. The first-order valence-corrected chi connectivity index (χ1v) is 12.1. The Morgan fingerprint density at radius 2 is 1.82 bits per heavy atom. The van der Waals surface area contributed by atoms with Crippen molar-refractivity contribution in [2.24, 2.45) is 5.73 Å². The minimum absolute atomic E-state index is 0.204. The Hall–Kier alpha value is -3.34. The second-order valence-electron chi connectivity index (χ2n) is 8.50. The van der Waals surface area contributed by atoms with Crippen molar-refractivity contribution in [2.45, 2.75) is 53.4 Å². The average molecular weight is 463 g/mol. The topological polar surface area (TPSA) is 65.1 Å². The number of benzene rings is 2. The summed E-state index contributed by atoms with van der Waals surface area (Å²) in [6.07, 6.45) is 12.3. The smallest absolute Gasteiger partial charge is 0.126 e. The van der Waals surface area contributed by atoms with Gasteiger partial charge in [0, 0.05) is 36.6 Å². The van der Waals surface area contributed by atoms with Gasteiger partial charge in [-0.25, -0.2) is 4.39 Å². The van der Waals surface area contributed by atoms with E-state index in [0.717, 1.165) is 46.6 Å². The molecule has 0 radical (unpaired) electrons. The Kier molecular flexibility index (Phi) is 10.6. The number of allylic oxidation sites excluding steroid dienone is 3. The number of nitrogens with zero attached hydrogens (tertiary/aromatic N) is 1. The van der Waals surface area contributed by atoms with E-state index in [-0.39, 0.29) is 5.82 Å². The molecule has 2 aromatic carbocycles. The van der Waals surface area contributed by atoms with Gasteiger partial charge in [-0.3, -0.25) is 0 Å². The van der Waals surface area contributed by atoms with Crippen LogP contribution in [-0.2, 0) is 0 Å². The molecule has 4 nitrogen and oxygen atoms in total. The Morgan fingerprint density at radius 1 is 1.12 bits per heavy atom. The number of nitrogens with two attached hydrogens (primary N) is 1. The zero-order valence-corrected chi connectivity index (χ0v) is 21.2. The highest BCUT2D eigenvalue weighted by molar-refractivity contribution is 5.98. The van der Waals surface area contributed by atoms with Crippen LogP contribution in [0.3, 0.4) is 0 Å². The number of likely N-dealkylation sites (N-methyl/N-ethyl adjacent to an activating group) is 1. The van der Waals surface area contributed by atoms with E-state index < -0.39 is 0 Å². The number of anilines is 1. The number of rotatable bonds is 8. The molecule has 0 aromatic heterocycles. The molecule has 0 fully saturated rings. The maximum absolute atomic E-state index is 13.8. The lowest BCUT2D eigenvalue weighted by Gasteiger charge is -2.28. The van der Waals surface area contributed by atoms with Gasteiger partial charge in [0.2, 0.25) is 0 Å². The summed E-state index contributed by atoms with van der Waals surface area (Å²) in [5.41, 5.74) is 12.2. The van der Waals surface area contributed by atoms with Crippen molar-refractivity contribution in [1.29, 1.82) is 5.41 Å². The molecule has 1 aliphatic heterocycles. The molecule has 4 N–H and O–H groups in total. The van der Waals surface area contributed by atoms with Crippen LogP contribution in [0.2, 0.25) is 0 Å². The third-order valence-electron chi connectivity index (χ3n) is 5.66. The van der Waals surface area contributed by atoms with Crippen molar-refractivity contribution in [1.82, 2.24) is 4.90 Å². The first kappa shape index (κ1) is 26.9. The maximum atomic E-state index is 13.8. The molecule has 2 aromatic rings. The van der Waals surface area contributed by atoms with Crippen molar-refractivity contribution in [3.05, 3.63) is 88.5 Å². The highest BCUT2D eigenvalue weighted by Crippen LogP contribution is 2.34. The minimum Gasteiger partial charge on any atom is -0.386 e. The lowest BCUT2D eigenvalue weighted by atomic mass is 9.94. The van der Waals surface area contributed by atoms with E-state index in [9.17, 15) is 4.39 Å². The van der Waals surface area contributed by atoms with Gasteiger partial charge in [0.1, 0.15) is 5.82 Å². The number of unbranched alkanes of at least 4 members (excludes halogenated alkanes) is 2. The van der Waals surface area contributed by atoms with E-state index in [4.69, 9.17) is 11.1 Å². The first-order valence-electron chi connectivity index (χ1n) is 12.1. The average Bonchev–Trinajstić information content (AvgIpc) is 2.82. The fourth-order valence-corrected chi connectivity index (χ4v) is 3.85. The molecular weight excluding hydrogens is 423 g/mol. The Labute approximate surface area is 204 Å². The van der Waals surface area contributed by atoms with Crippen molar-refractivity contribution in [3.8, 4) is 0 Å². The van der Waals surface area contributed by atoms with E-state index >= 15 is 0 Å². The monoisotopic (exact) mass is 462 g/mol. The summed E-state index contributed by atoms with van der Waals surface area (Å²) in [6, 6.07) is 11.1. The van der Waals surface area contributed by atoms with Crippen LogP contribution in [0.25, 0.3) is 11.3 Å². The summed E-state index contributed by atoms with van der Waals surface area (Å²) in [7, 11) is 2.03. The Balaban J connectivity index is 0.000000739. The lowest BCUT2D eigenvalue weighted by Crippen LogP contribution is -2.21. The molecule has 1 aliphatic rings. The van der Waals surface area contributed by atoms with Crippen LogP contribution in [0.5, 0.6) is 0 Å². The second-order valence-corrected chi connectivity index (χ2v) is 8.50. The van der Waals surface area contributed by atoms with Gasteiger partial charge in [0.05, 0.1) is 11.5 Å². The molecule has 0 spiro atoms. The molecule has 0 amide bonds. The normalized spacial score (nSPS) is 13.5. The zero-order valence-electron chi connectivity index (χ0n) is 21.2. The minimum atomic E-state index is -0.204. The Morgan fingerprint density at radius 3 is 2.41 bits per heavy atom. The molecule has 0 atom stereocenters. The Bertz CT molecular complexity index is 1060. The van der Waals surface area contributed by atoms with E-state index in [0.29, 0.717) is 11.4 Å². The quantitative estimate of drug-likeness (QED) is 0.360. The van der Waals surface area contributed by atoms with Crippen LogP contribution in [0.1, 0.15) is 68.7 Å². The molecule has 3 rings (SSSR count). The largest absolute Gasteiger partial charge is 0.386 e. The predicted octanol–water partition coefficient (Wildman–Crippen LogP) is 7.32. The van der Waals surface area contributed by atoms with Crippen LogP contribution in [0.4, 0.5) is 10.1 Å². The van der Waals surface area contributed by atoms with Crippen LogP contribution in [-0.4, -0.2) is 24.7 Å². The standard InChI is InChI=1S/C24H27FN4.C5H12/c1-4-6-23(27)28-22-11-9-17(14-19(22)15-26)20-7-5-12-29(3)24(20)18-8-10-21(25)16(2)13-18;1-3-5-4-2/h5-11,13-15,26,28H,4,12,27H2,1-3H3;3-5H2,1-2H3/b23-6+,26-15?;. The molecule has 0 unspecified atom stereocenters. The van der Waals surface area contributed by atoms with Gasteiger partial charge in [-0.1, -0.05) is 58.3 Å². The van der Waals surface area contributed by atoms with Gasteiger partial charge in [-0.15, -0.1) is 0 Å². The highest BCUT2D eigenvalue weighted by Gasteiger charge is 2.18. The first-order chi connectivity index (χ1) is 16.4. The number of halogens is 1. The summed E-state index contributed by atoms with van der Waals surface area (Å²) in [4.78, 5) is 2.15. The summed E-state index contributed by atoms with van der Waals surface area (Å²) < 4.78 is 13.8. The van der Waals surface area contributed by atoms with E-state index in [1.807, 2.05) is 50.4 Å². The summed E-state index contributed by atoms with van der Waals surface area (Å²) in [6.45, 7) is 9.00. The van der Waals surface area contributed by atoms with Gasteiger partial charge in [0.25, 0.3) is 0 Å².